The highest BCUT2D eigenvalue weighted by Gasteiger charge is 2.50. The normalized spacial score (nSPS) is 20.7. The number of halogens is 3. The fraction of sp³-hybridized carbons (Fsp3) is 0.250. The first-order valence-electron chi connectivity index (χ1n) is 12.2. The minimum absolute atomic E-state index is 0.168. The number of amides is 3. The third kappa shape index (κ3) is 4.37. The van der Waals surface area contributed by atoms with Crippen molar-refractivity contribution in [3.8, 4) is 0 Å². The molecule has 0 radical (unpaired) electrons. The smallest absolute Gasteiger partial charge is 0.257 e. The number of rotatable bonds is 3. The number of nitrogens with zero attached hydrogens (tertiary/aromatic N) is 3. The molecule has 6 rings (SSSR count). The summed E-state index contributed by atoms with van der Waals surface area (Å²) in [5.41, 5.74) is 3.09. The van der Waals surface area contributed by atoms with E-state index in [2.05, 4.69) is 22.6 Å². The highest BCUT2D eigenvalue weighted by molar-refractivity contribution is 14.1. The van der Waals surface area contributed by atoms with E-state index in [0.29, 0.717) is 53.2 Å². The van der Waals surface area contributed by atoms with E-state index in [1.165, 1.54) is 4.90 Å². The summed E-state index contributed by atoms with van der Waals surface area (Å²) in [6.45, 7) is 1.68. The average molecular weight is 662 g/mol. The molecule has 38 heavy (non-hydrogen) atoms. The van der Waals surface area contributed by atoms with Crippen LogP contribution in [0.25, 0.3) is 0 Å². The zero-order chi connectivity index (χ0) is 26.6. The number of hydrogen-bond acceptors (Lipinski definition) is 4. The van der Waals surface area contributed by atoms with Crippen LogP contribution >= 0.6 is 45.8 Å². The molecule has 3 amide bonds. The van der Waals surface area contributed by atoms with Crippen molar-refractivity contribution in [3.63, 3.8) is 0 Å². The molecular formula is C28H22Cl2IN3O4. The number of fused-ring (bicyclic) bond motifs is 4. The largest absolute Gasteiger partial charge is 0.378 e. The molecule has 7 nitrogen and oxygen atoms in total. The van der Waals surface area contributed by atoms with Gasteiger partial charge >= 0.3 is 0 Å². The summed E-state index contributed by atoms with van der Waals surface area (Å²) in [6.07, 6.45) is 0. The quantitative estimate of drug-likeness (QED) is 0.367. The second-order valence-corrected chi connectivity index (χ2v) is 11.5. The standard InChI is InChI=1S/C28H22Cl2IN3O4/c29-17-3-1-16(2-4-17)25-21-13-18(30)5-7-20(21)26-28(37)33(15-24(35)32-9-11-38-12-10-32)23-8-6-19(31)14-22(23)27(36)34(25)26/h1-8,13-14,25-26H,9-12,15H2/t25-,26-/m0/s1. The summed E-state index contributed by atoms with van der Waals surface area (Å²) in [5.74, 6) is -0.805. The predicted octanol–water partition coefficient (Wildman–Crippen LogP) is 5.09. The van der Waals surface area contributed by atoms with Crippen LogP contribution in [-0.4, -0.2) is 60.4 Å². The third-order valence-electron chi connectivity index (χ3n) is 7.25. The molecule has 10 heteroatoms. The van der Waals surface area contributed by atoms with Crippen LogP contribution in [0.5, 0.6) is 0 Å². The molecule has 3 aliphatic rings. The van der Waals surface area contributed by atoms with E-state index in [9.17, 15) is 14.4 Å². The lowest BCUT2D eigenvalue weighted by Gasteiger charge is -2.31. The molecule has 0 unspecified atom stereocenters. The van der Waals surface area contributed by atoms with Crippen molar-refractivity contribution in [3.05, 3.63) is 96.5 Å². The van der Waals surface area contributed by atoms with E-state index >= 15 is 0 Å². The molecule has 1 fully saturated rings. The third-order valence-corrected chi connectivity index (χ3v) is 8.41. The van der Waals surface area contributed by atoms with Crippen molar-refractivity contribution >= 4 is 69.2 Å². The van der Waals surface area contributed by atoms with Crippen molar-refractivity contribution in [2.45, 2.75) is 12.1 Å². The van der Waals surface area contributed by atoms with E-state index in [0.717, 1.165) is 14.7 Å². The summed E-state index contributed by atoms with van der Waals surface area (Å²) >= 11 is 14.7. The molecule has 0 spiro atoms. The summed E-state index contributed by atoms with van der Waals surface area (Å²) in [4.78, 5) is 46.8. The van der Waals surface area contributed by atoms with Crippen LogP contribution in [0.3, 0.4) is 0 Å². The predicted molar refractivity (Wildman–Crippen MR) is 153 cm³/mol. The zero-order valence-electron chi connectivity index (χ0n) is 20.1. The van der Waals surface area contributed by atoms with Gasteiger partial charge < -0.3 is 19.4 Å². The van der Waals surface area contributed by atoms with Crippen LogP contribution in [0.1, 0.15) is 39.1 Å². The Morgan fingerprint density at radius 3 is 2.34 bits per heavy atom. The van der Waals surface area contributed by atoms with Gasteiger partial charge in [-0.15, -0.1) is 0 Å². The van der Waals surface area contributed by atoms with Crippen molar-refractivity contribution in [1.82, 2.24) is 9.80 Å². The van der Waals surface area contributed by atoms with E-state index in [-0.39, 0.29) is 24.3 Å². The molecular weight excluding hydrogens is 640 g/mol. The van der Waals surface area contributed by atoms with Gasteiger partial charge in [-0.1, -0.05) is 41.4 Å². The van der Waals surface area contributed by atoms with E-state index in [1.54, 1.807) is 46.2 Å². The van der Waals surface area contributed by atoms with E-state index < -0.39 is 12.1 Å². The highest BCUT2D eigenvalue weighted by Crippen LogP contribution is 2.50. The molecule has 3 aliphatic heterocycles. The van der Waals surface area contributed by atoms with Crippen LogP contribution in [0, 0.1) is 3.57 Å². The second kappa shape index (κ2) is 10.1. The first kappa shape index (κ1) is 25.6. The summed E-state index contributed by atoms with van der Waals surface area (Å²) in [7, 11) is 0. The lowest BCUT2D eigenvalue weighted by atomic mass is 9.96. The Kier molecular flexibility index (Phi) is 6.84. The lowest BCUT2D eigenvalue weighted by molar-refractivity contribution is -0.135. The first-order chi connectivity index (χ1) is 18.3. The van der Waals surface area contributed by atoms with Gasteiger partial charge in [0, 0.05) is 26.7 Å². The minimum atomic E-state index is -0.919. The minimum Gasteiger partial charge on any atom is -0.378 e. The SMILES string of the molecule is O=C(CN1C(=O)[C@@H]2c3ccc(Cl)cc3[C@H](c3ccc(Cl)cc3)N2C(=O)c2cc(I)ccc21)N1CCOCC1. The van der Waals surface area contributed by atoms with Gasteiger partial charge in [0.15, 0.2) is 0 Å². The van der Waals surface area contributed by atoms with Gasteiger partial charge in [-0.2, -0.15) is 0 Å². The molecule has 0 aliphatic carbocycles. The maximum absolute atomic E-state index is 14.4. The second-order valence-electron chi connectivity index (χ2n) is 9.42. The molecule has 3 aromatic carbocycles. The van der Waals surface area contributed by atoms with Gasteiger partial charge in [-0.3, -0.25) is 14.4 Å². The first-order valence-corrected chi connectivity index (χ1v) is 14.0. The molecule has 2 atom stereocenters. The number of hydrogen-bond donors (Lipinski definition) is 0. The Hall–Kier alpha value is -2.66. The van der Waals surface area contributed by atoms with Gasteiger partial charge in [0.1, 0.15) is 12.6 Å². The molecule has 1 saturated heterocycles. The van der Waals surface area contributed by atoms with Crippen LogP contribution in [0.4, 0.5) is 5.69 Å². The van der Waals surface area contributed by atoms with Gasteiger partial charge in [-0.25, -0.2) is 0 Å². The number of benzene rings is 3. The van der Waals surface area contributed by atoms with Gasteiger partial charge in [0.2, 0.25) is 5.91 Å². The van der Waals surface area contributed by atoms with Gasteiger partial charge in [0.25, 0.3) is 11.8 Å². The van der Waals surface area contributed by atoms with Gasteiger partial charge in [-0.05, 0) is 81.7 Å². The fourth-order valence-electron chi connectivity index (χ4n) is 5.48. The molecule has 0 aromatic heterocycles. The van der Waals surface area contributed by atoms with Crippen molar-refractivity contribution in [2.75, 3.05) is 37.7 Å². The number of carbonyl (C=O) groups excluding carboxylic acids is 3. The van der Waals surface area contributed by atoms with Crippen LogP contribution in [-0.2, 0) is 14.3 Å². The van der Waals surface area contributed by atoms with Crippen LogP contribution < -0.4 is 4.90 Å². The number of anilines is 1. The molecule has 0 saturated carbocycles. The molecule has 3 aromatic rings. The van der Waals surface area contributed by atoms with Crippen molar-refractivity contribution < 1.29 is 19.1 Å². The summed E-state index contributed by atoms with van der Waals surface area (Å²) in [5, 5.41) is 1.08. The molecule has 194 valence electrons. The Balaban J connectivity index is 1.51. The molecule has 0 bridgehead atoms. The maximum Gasteiger partial charge on any atom is 0.257 e. The van der Waals surface area contributed by atoms with Crippen LogP contribution in [0.15, 0.2) is 60.7 Å². The topological polar surface area (TPSA) is 70.2 Å². The summed E-state index contributed by atoms with van der Waals surface area (Å²) in [6, 6.07) is 16.5. The average Bonchev–Trinajstić information content (AvgIpc) is 3.22. The number of carbonyl (C=O) groups is 3. The molecule has 0 N–H and O–H groups in total. The zero-order valence-corrected chi connectivity index (χ0v) is 23.7. The highest BCUT2D eigenvalue weighted by atomic mass is 127. The fourth-order valence-corrected chi connectivity index (χ4v) is 6.28. The van der Waals surface area contributed by atoms with Crippen LogP contribution in [0.2, 0.25) is 10.0 Å². The maximum atomic E-state index is 14.4. The number of morpholine rings is 1. The Bertz CT molecular complexity index is 1460. The van der Waals surface area contributed by atoms with Crippen molar-refractivity contribution in [2.24, 2.45) is 0 Å². The monoisotopic (exact) mass is 661 g/mol. The lowest BCUT2D eigenvalue weighted by Crippen LogP contribution is -2.48. The Morgan fingerprint density at radius 2 is 1.61 bits per heavy atom. The van der Waals surface area contributed by atoms with Crippen molar-refractivity contribution in [1.29, 1.82) is 0 Å². The Morgan fingerprint density at radius 1 is 0.895 bits per heavy atom. The van der Waals surface area contributed by atoms with E-state index in [1.807, 2.05) is 24.3 Å². The molecule has 3 heterocycles. The van der Waals surface area contributed by atoms with E-state index in [4.69, 9.17) is 27.9 Å². The number of ether oxygens (including phenoxy) is 1. The summed E-state index contributed by atoms with van der Waals surface area (Å²) < 4.78 is 6.24. The Labute approximate surface area is 243 Å². The van der Waals surface area contributed by atoms with Gasteiger partial charge in [0.05, 0.1) is 30.5 Å².